The molecule has 1 amide bonds. The number of nitrogens with two attached hydrogens (primary N) is 1. The topological polar surface area (TPSA) is 72.9 Å². The van der Waals surface area contributed by atoms with Crippen LogP contribution in [-0.4, -0.2) is 28.8 Å². The van der Waals surface area contributed by atoms with Gasteiger partial charge in [-0.3, -0.25) is 4.79 Å². The molecule has 0 radical (unpaired) electrons. The van der Waals surface area contributed by atoms with Gasteiger partial charge in [-0.05, 0) is 31.5 Å². The zero-order valence-electron chi connectivity index (χ0n) is 11.4. The number of rotatable bonds is 4. The van der Waals surface area contributed by atoms with Gasteiger partial charge in [0.2, 0.25) is 0 Å². The van der Waals surface area contributed by atoms with Crippen LogP contribution in [-0.2, 0) is 6.42 Å². The highest BCUT2D eigenvalue weighted by Gasteiger charge is 2.14. The van der Waals surface area contributed by atoms with Crippen molar-refractivity contribution in [2.24, 2.45) is 5.73 Å². The van der Waals surface area contributed by atoms with Crippen LogP contribution in [0.4, 0.5) is 4.39 Å². The Labute approximate surface area is 116 Å². The van der Waals surface area contributed by atoms with E-state index >= 15 is 0 Å². The molecule has 0 aliphatic heterocycles. The second-order valence-electron chi connectivity index (χ2n) is 4.64. The van der Waals surface area contributed by atoms with Gasteiger partial charge in [-0.1, -0.05) is 6.07 Å². The molecule has 106 valence electrons. The van der Waals surface area contributed by atoms with Crippen LogP contribution in [0.1, 0.15) is 23.0 Å². The molecule has 1 unspecified atom stereocenters. The molecule has 0 aliphatic rings. The van der Waals surface area contributed by atoms with E-state index in [-0.39, 0.29) is 23.5 Å². The lowest BCUT2D eigenvalue weighted by atomic mass is 10.0. The van der Waals surface area contributed by atoms with Crippen molar-refractivity contribution in [3.8, 4) is 5.69 Å². The Hall–Kier alpha value is -2.21. The second kappa shape index (κ2) is 5.83. The zero-order valence-corrected chi connectivity index (χ0v) is 11.4. The molecule has 0 aliphatic carbocycles. The van der Waals surface area contributed by atoms with Crippen molar-refractivity contribution in [3.63, 3.8) is 0 Å². The summed E-state index contributed by atoms with van der Waals surface area (Å²) in [5.41, 5.74) is 7.13. The van der Waals surface area contributed by atoms with Crippen LogP contribution in [0.5, 0.6) is 0 Å². The average Bonchev–Trinajstić information content (AvgIpc) is 2.89. The maximum absolute atomic E-state index is 14.0. The molecule has 1 aromatic heterocycles. The highest BCUT2D eigenvalue weighted by molar-refractivity contribution is 5.91. The fourth-order valence-electron chi connectivity index (χ4n) is 1.99. The number of nitrogens with zero attached hydrogens (tertiary/aromatic N) is 2. The van der Waals surface area contributed by atoms with E-state index in [4.69, 9.17) is 5.73 Å². The molecular formula is C14H17FN4O. The minimum Gasteiger partial charge on any atom is -0.354 e. The summed E-state index contributed by atoms with van der Waals surface area (Å²) >= 11 is 0. The summed E-state index contributed by atoms with van der Waals surface area (Å²) in [7, 11) is 1.53. The minimum atomic E-state index is -0.322. The third-order valence-corrected chi connectivity index (χ3v) is 2.92. The predicted molar refractivity (Wildman–Crippen MR) is 74.3 cm³/mol. The quantitative estimate of drug-likeness (QED) is 0.883. The van der Waals surface area contributed by atoms with E-state index < -0.39 is 0 Å². The normalized spacial score (nSPS) is 12.2. The summed E-state index contributed by atoms with van der Waals surface area (Å²) < 4.78 is 15.4. The van der Waals surface area contributed by atoms with Crippen molar-refractivity contribution in [3.05, 3.63) is 47.5 Å². The number of nitrogens with one attached hydrogen (secondary N) is 1. The first-order valence-corrected chi connectivity index (χ1v) is 6.34. The van der Waals surface area contributed by atoms with Crippen LogP contribution in [0.3, 0.4) is 0 Å². The number of amides is 1. The van der Waals surface area contributed by atoms with E-state index in [1.165, 1.54) is 17.8 Å². The van der Waals surface area contributed by atoms with Gasteiger partial charge in [-0.15, -0.1) is 0 Å². The molecule has 2 rings (SSSR count). The molecule has 1 heterocycles. The van der Waals surface area contributed by atoms with Gasteiger partial charge in [0.25, 0.3) is 5.91 Å². The van der Waals surface area contributed by atoms with Crippen LogP contribution in [0.25, 0.3) is 5.69 Å². The average molecular weight is 276 g/mol. The number of halogens is 1. The van der Waals surface area contributed by atoms with Crippen molar-refractivity contribution in [1.29, 1.82) is 0 Å². The Morgan fingerprint density at radius 2 is 2.25 bits per heavy atom. The van der Waals surface area contributed by atoms with E-state index in [1.807, 2.05) is 6.92 Å². The van der Waals surface area contributed by atoms with Crippen LogP contribution in [0.15, 0.2) is 30.5 Å². The van der Waals surface area contributed by atoms with Crippen molar-refractivity contribution in [1.82, 2.24) is 15.1 Å². The fraction of sp³-hybridized carbons (Fsp3) is 0.286. The molecule has 0 saturated heterocycles. The molecule has 3 N–H and O–H groups in total. The van der Waals surface area contributed by atoms with Crippen LogP contribution >= 0.6 is 0 Å². The highest BCUT2D eigenvalue weighted by atomic mass is 19.1. The summed E-state index contributed by atoms with van der Waals surface area (Å²) in [6.07, 6.45) is 2.03. The number of hydrogen-bond acceptors (Lipinski definition) is 3. The Morgan fingerprint density at radius 3 is 2.90 bits per heavy atom. The smallest absolute Gasteiger partial charge is 0.271 e. The lowest BCUT2D eigenvalue weighted by Crippen LogP contribution is -2.20. The van der Waals surface area contributed by atoms with Crippen molar-refractivity contribution >= 4 is 5.91 Å². The van der Waals surface area contributed by atoms with Crippen molar-refractivity contribution in [2.45, 2.75) is 19.4 Å². The van der Waals surface area contributed by atoms with Crippen LogP contribution < -0.4 is 11.1 Å². The van der Waals surface area contributed by atoms with Crippen molar-refractivity contribution < 1.29 is 9.18 Å². The molecule has 20 heavy (non-hydrogen) atoms. The number of hydrogen-bond donors (Lipinski definition) is 2. The van der Waals surface area contributed by atoms with Crippen LogP contribution in [0, 0.1) is 5.82 Å². The molecule has 0 bridgehead atoms. The molecule has 0 spiro atoms. The van der Waals surface area contributed by atoms with Gasteiger partial charge in [0.15, 0.2) is 5.69 Å². The largest absolute Gasteiger partial charge is 0.354 e. The van der Waals surface area contributed by atoms with Gasteiger partial charge in [0, 0.05) is 24.8 Å². The summed E-state index contributed by atoms with van der Waals surface area (Å²) in [6, 6.07) is 6.17. The summed E-state index contributed by atoms with van der Waals surface area (Å²) in [6.45, 7) is 1.81. The lowest BCUT2D eigenvalue weighted by molar-refractivity contribution is 0.0957. The van der Waals surface area contributed by atoms with E-state index in [0.29, 0.717) is 17.7 Å². The first-order chi connectivity index (χ1) is 9.52. The van der Waals surface area contributed by atoms with Crippen LogP contribution in [0.2, 0.25) is 0 Å². The molecule has 0 fully saturated rings. The van der Waals surface area contributed by atoms with Gasteiger partial charge in [0.1, 0.15) is 5.82 Å². The highest BCUT2D eigenvalue weighted by Crippen LogP contribution is 2.19. The molecule has 0 saturated carbocycles. The summed E-state index contributed by atoms with van der Waals surface area (Å²) in [5.74, 6) is -0.606. The van der Waals surface area contributed by atoms with Gasteiger partial charge < -0.3 is 11.1 Å². The van der Waals surface area contributed by atoms with Gasteiger partial charge in [0.05, 0.1) is 5.69 Å². The minimum absolute atomic E-state index is 0.167. The fourth-order valence-corrected chi connectivity index (χ4v) is 1.99. The number of carbonyl (C=O) groups is 1. The second-order valence-corrected chi connectivity index (χ2v) is 4.64. The molecular weight excluding hydrogens is 259 g/mol. The summed E-state index contributed by atoms with van der Waals surface area (Å²) in [4.78, 5) is 11.5. The van der Waals surface area contributed by atoms with E-state index in [0.717, 1.165) is 0 Å². The Morgan fingerprint density at radius 1 is 1.50 bits per heavy atom. The molecule has 5 nitrogen and oxygen atoms in total. The van der Waals surface area contributed by atoms with Gasteiger partial charge in [-0.25, -0.2) is 9.07 Å². The van der Waals surface area contributed by atoms with Gasteiger partial charge in [-0.2, -0.15) is 5.10 Å². The maximum atomic E-state index is 14.0. The number of benzene rings is 1. The third-order valence-electron chi connectivity index (χ3n) is 2.92. The Kier molecular flexibility index (Phi) is 4.14. The van der Waals surface area contributed by atoms with E-state index in [9.17, 15) is 9.18 Å². The first-order valence-electron chi connectivity index (χ1n) is 6.34. The Bertz CT molecular complexity index is 621. The van der Waals surface area contributed by atoms with E-state index in [1.54, 1.807) is 24.4 Å². The molecule has 6 heteroatoms. The standard InChI is InChI=1S/C14H17FN4O/c1-9(16)8-10-11(15)4-3-5-13(10)19-7-6-12(18-19)14(20)17-2/h3-7,9H,8,16H2,1-2H3,(H,17,20). The van der Waals surface area contributed by atoms with E-state index in [2.05, 4.69) is 10.4 Å². The lowest BCUT2D eigenvalue weighted by Gasteiger charge is -2.12. The SMILES string of the molecule is CNC(=O)c1ccn(-c2cccc(F)c2CC(C)N)n1. The zero-order chi connectivity index (χ0) is 14.7. The molecule has 1 aromatic carbocycles. The number of carbonyl (C=O) groups excluding carboxylic acids is 1. The number of aromatic nitrogens is 2. The summed E-state index contributed by atoms with van der Waals surface area (Å²) in [5, 5.41) is 6.65. The Balaban J connectivity index is 2.44. The monoisotopic (exact) mass is 276 g/mol. The molecule has 2 aromatic rings. The molecule has 1 atom stereocenters. The van der Waals surface area contributed by atoms with Crippen molar-refractivity contribution in [2.75, 3.05) is 7.05 Å². The van der Waals surface area contributed by atoms with Gasteiger partial charge >= 0.3 is 0 Å². The predicted octanol–water partition coefficient (Wildman–Crippen LogP) is 1.26. The third kappa shape index (κ3) is 2.85. The maximum Gasteiger partial charge on any atom is 0.271 e. The first kappa shape index (κ1) is 14.2.